The molecule has 2 atom stereocenters. The number of hydrogen-bond donors (Lipinski definition) is 1. The van der Waals surface area contributed by atoms with E-state index in [4.69, 9.17) is 11.6 Å². The maximum atomic E-state index is 14.8. The van der Waals surface area contributed by atoms with Crippen LogP contribution in [-0.4, -0.2) is 50.0 Å². The molecule has 0 aliphatic heterocycles. The lowest BCUT2D eigenvalue weighted by Crippen LogP contribution is -2.52. The molecule has 2 amide bonds. The third kappa shape index (κ3) is 9.57. The summed E-state index contributed by atoms with van der Waals surface area (Å²) in [5.74, 6) is -1.18. The molecule has 3 aromatic rings. The van der Waals surface area contributed by atoms with E-state index >= 15 is 0 Å². The van der Waals surface area contributed by atoms with E-state index in [2.05, 4.69) is 5.32 Å². The summed E-state index contributed by atoms with van der Waals surface area (Å²) >= 11 is 5.97. The molecule has 0 aliphatic carbocycles. The summed E-state index contributed by atoms with van der Waals surface area (Å²) in [4.78, 5) is 28.8. The van der Waals surface area contributed by atoms with Gasteiger partial charge < -0.3 is 10.2 Å². The molecule has 0 heterocycles. The molecule has 0 radical (unpaired) electrons. The minimum absolute atomic E-state index is 0.0438. The van der Waals surface area contributed by atoms with Crippen LogP contribution in [-0.2, 0) is 32.6 Å². The van der Waals surface area contributed by atoms with Crippen LogP contribution in [0.3, 0.4) is 0 Å². The van der Waals surface area contributed by atoms with Crippen LogP contribution in [0.5, 0.6) is 0 Å². The molecule has 0 fully saturated rings. The van der Waals surface area contributed by atoms with E-state index in [1.807, 2.05) is 44.2 Å². The molecule has 0 bridgehead atoms. The van der Waals surface area contributed by atoms with Crippen molar-refractivity contribution in [2.45, 2.75) is 58.2 Å². The van der Waals surface area contributed by atoms with Crippen LogP contribution in [0.4, 0.5) is 10.1 Å². The van der Waals surface area contributed by atoms with E-state index in [1.54, 1.807) is 42.5 Å². The quantitative estimate of drug-likeness (QED) is 0.261. The van der Waals surface area contributed by atoms with Crippen LogP contribution in [0.15, 0.2) is 78.9 Å². The van der Waals surface area contributed by atoms with Crippen molar-refractivity contribution in [3.63, 3.8) is 0 Å². The predicted octanol–water partition coefficient (Wildman–Crippen LogP) is 5.58. The predicted molar refractivity (Wildman–Crippen MR) is 162 cm³/mol. The number of nitrogens with one attached hydrogen (secondary N) is 1. The SMILES string of the molecule is CC[C@H](C)NC(=O)[C@@H](Cc1ccccc1)N(Cc1ccccc1F)C(=O)CCCN(c1ccc(Cl)cc1)S(C)(=O)=O. The van der Waals surface area contributed by atoms with Crippen LogP contribution >= 0.6 is 11.6 Å². The molecule has 3 aromatic carbocycles. The third-order valence-corrected chi connectivity index (χ3v) is 8.28. The Morgan fingerprint density at radius 2 is 1.61 bits per heavy atom. The van der Waals surface area contributed by atoms with Crippen molar-refractivity contribution in [3.8, 4) is 0 Å². The topological polar surface area (TPSA) is 86.8 Å². The van der Waals surface area contributed by atoms with Gasteiger partial charge in [0.25, 0.3) is 0 Å². The minimum atomic E-state index is -3.64. The lowest BCUT2D eigenvalue weighted by molar-refractivity contribution is -0.141. The van der Waals surface area contributed by atoms with Crippen molar-refractivity contribution in [2.75, 3.05) is 17.1 Å². The van der Waals surface area contributed by atoms with Gasteiger partial charge in [-0.1, -0.05) is 67.1 Å². The third-order valence-electron chi connectivity index (χ3n) is 6.84. The number of carbonyl (C=O) groups excluding carboxylic acids is 2. The molecule has 0 saturated carbocycles. The number of anilines is 1. The zero-order valence-corrected chi connectivity index (χ0v) is 25.2. The number of hydrogen-bond acceptors (Lipinski definition) is 4. The summed E-state index contributed by atoms with van der Waals surface area (Å²) in [6.07, 6.45) is 2.19. The van der Waals surface area contributed by atoms with E-state index in [-0.39, 0.29) is 55.8 Å². The van der Waals surface area contributed by atoms with Crippen LogP contribution in [0, 0.1) is 5.82 Å². The fraction of sp³-hybridized carbons (Fsp3) is 0.355. The fourth-order valence-electron chi connectivity index (χ4n) is 4.42. The van der Waals surface area contributed by atoms with Gasteiger partial charge in [0.05, 0.1) is 11.9 Å². The fourth-order valence-corrected chi connectivity index (χ4v) is 5.51. The van der Waals surface area contributed by atoms with Gasteiger partial charge in [-0.05, 0) is 55.7 Å². The van der Waals surface area contributed by atoms with Crippen LogP contribution in [0.2, 0.25) is 5.02 Å². The molecule has 0 aliphatic rings. The molecular weight excluding hydrogens is 565 g/mol. The Morgan fingerprint density at radius 3 is 2.22 bits per heavy atom. The molecule has 0 aromatic heterocycles. The van der Waals surface area contributed by atoms with Gasteiger partial charge in [0.2, 0.25) is 21.8 Å². The number of nitrogens with zero attached hydrogens (tertiary/aromatic N) is 2. The zero-order chi connectivity index (χ0) is 30.0. The van der Waals surface area contributed by atoms with Crippen molar-refractivity contribution in [1.82, 2.24) is 10.2 Å². The molecule has 220 valence electrons. The average Bonchev–Trinajstić information content (AvgIpc) is 2.94. The number of amides is 2. The van der Waals surface area contributed by atoms with Crippen LogP contribution in [0.25, 0.3) is 0 Å². The van der Waals surface area contributed by atoms with Crippen molar-refractivity contribution < 1.29 is 22.4 Å². The van der Waals surface area contributed by atoms with Crippen molar-refractivity contribution >= 4 is 39.1 Å². The van der Waals surface area contributed by atoms with Crippen LogP contribution in [0.1, 0.15) is 44.2 Å². The number of halogens is 2. The number of rotatable bonds is 14. The second-order valence-corrected chi connectivity index (χ2v) is 12.4. The minimum Gasteiger partial charge on any atom is -0.352 e. The molecule has 3 rings (SSSR count). The number of benzene rings is 3. The first-order valence-corrected chi connectivity index (χ1v) is 15.8. The van der Waals surface area contributed by atoms with Gasteiger partial charge in [-0.25, -0.2) is 12.8 Å². The molecule has 7 nitrogen and oxygen atoms in total. The average molecular weight is 602 g/mol. The first-order valence-electron chi connectivity index (χ1n) is 13.6. The molecule has 0 unspecified atom stereocenters. The van der Waals surface area contributed by atoms with Crippen molar-refractivity contribution in [2.24, 2.45) is 0 Å². The largest absolute Gasteiger partial charge is 0.352 e. The Hall–Kier alpha value is -3.43. The van der Waals surface area contributed by atoms with Gasteiger partial charge in [0.15, 0.2) is 0 Å². The Morgan fingerprint density at radius 1 is 0.976 bits per heavy atom. The summed E-state index contributed by atoms with van der Waals surface area (Å²) < 4.78 is 41.1. The Kier molecular flexibility index (Phi) is 11.7. The van der Waals surface area contributed by atoms with Crippen LogP contribution < -0.4 is 9.62 Å². The molecule has 10 heteroatoms. The van der Waals surface area contributed by atoms with E-state index in [9.17, 15) is 22.4 Å². The highest BCUT2D eigenvalue weighted by Crippen LogP contribution is 2.22. The summed E-state index contributed by atoms with van der Waals surface area (Å²) in [5, 5.41) is 3.45. The van der Waals surface area contributed by atoms with Gasteiger partial charge >= 0.3 is 0 Å². The van der Waals surface area contributed by atoms with Gasteiger partial charge in [-0.15, -0.1) is 0 Å². The highest BCUT2D eigenvalue weighted by molar-refractivity contribution is 7.92. The highest BCUT2D eigenvalue weighted by Gasteiger charge is 2.31. The lowest BCUT2D eigenvalue weighted by Gasteiger charge is -2.32. The Balaban J connectivity index is 1.89. The van der Waals surface area contributed by atoms with Gasteiger partial charge in [0, 0.05) is 42.6 Å². The number of carbonyl (C=O) groups is 2. The lowest BCUT2D eigenvalue weighted by atomic mass is 10.0. The number of sulfonamides is 1. The molecule has 0 spiro atoms. The molecular formula is C31H37ClFN3O4S. The molecule has 1 N–H and O–H groups in total. The first-order chi connectivity index (χ1) is 19.5. The standard InChI is InChI=1S/C31H37ClFN3O4S/c1-4-23(2)34-31(38)29(21-24-11-6-5-7-12-24)35(22-25-13-8-9-14-28(25)33)30(37)15-10-20-36(41(3,39)40)27-18-16-26(32)17-19-27/h5-9,11-14,16-19,23,29H,4,10,15,20-22H2,1-3H3,(H,34,38)/t23-,29+/m0/s1. The van der Waals surface area contributed by atoms with Crippen molar-refractivity contribution in [3.05, 3.63) is 101 Å². The normalized spacial score (nSPS) is 12.8. The van der Waals surface area contributed by atoms with E-state index in [1.165, 1.54) is 15.3 Å². The second kappa shape index (κ2) is 15.0. The zero-order valence-electron chi connectivity index (χ0n) is 23.6. The molecule has 41 heavy (non-hydrogen) atoms. The second-order valence-electron chi connectivity index (χ2n) is 10.1. The highest BCUT2D eigenvalue weighted by atomic mass is 35.5. The summed E-state index contributed by atoms with van der Waals surface area (Å²) in [6, 6.07) is 20.9. The monoisotopic (exact) mass is 601 g/mol. The van der Waals surface area contributed by atoms with E-state index < -0.39 is 21.9 Å². The van der Waals surface area contributed by atoms with Gasteiger partial charge in [0.1, 0.15) is 11.9 Å². The van der Waals surface area contributed by atoms with Gasteiger partial charge in [-0.2, -0.15) is 0 Å². The Bertz CT molecular complexity index is 1400. The summed E-state index contributed by atoms with van der Waals surface area (Å²) in [6.45, 7) is 3.77. The smallest absolute Gasteiger partial charge is 0.243 e. The van der Waals surface area contributed by atoms with Crippen molar-refractivity contribution in [1.29, 1.82) is 0 Å². The summed E-state index contributed by atoms with van der Waals surface area (Å²) in [5.41, 5.74) is 1.57. The van der Waals surface area contributed by atoms with E-state index in [0.29, 0.717) is 17.1 Å². The Labute approximate surface area is 247 Å². The van der Waals surface area contributed by atoms with E-state index in [0.717, 1.165) is 11.8 Å². The summed E-state index contributed by atoms with van der Waals surface area (Å²) in [7, 11) is -3.64. The molecule has 0 saturated heterocycles. The maximum Gasteiger partial charge on any atom is 0.243 e. The first kappa shape index (κ1) is 32.1. The van der Waals surface area contributed by atoms with Gasteiger partial charge in [-0.3, -0.25) is 13.9 Å². The maximum absolute atomic E-state index is 14.8.